The predicted octanol–water partition coefficient (Wildman–Crippen LogP) is 1.56. The van der Waals surface area contributed by atoms with Crippen molar-refractivity contribution in [2.75, 3.05) is 13.1 Å². The fraction of sp³-hybridized carbons (Fsp3) is 0.818. The van der Waals surface area contributed by atoms with Gasteiger partial charge in [0.1, 0.15) is 5.41 Å². The molecule has 0 radical (unpaired) electrons. The van der Waals surface area contributed by atoms with Crippen LogP contribution in [0.2, 0.25) is 0 Å². The van der Waals surface area contributed by atoms with Gasteiger partial charge in [-0.2, -0.15) is 13.2 Å². The number of nitrogens with zero attached hydrogens (tertiary/aromatic N) is 2. The number of carbonyl (C=O) groups is 1. The molecule has 19 heavy (non-hydrogen) atoms. The zero-order valence-corrected chi connectivity index (χ0v) is 10.9. The Morgan fingerprint density at radius 2 is 2.00 bits per heavy atom. The lowest BCUT2D eigenvalue weighted by Crippen LogP contribution is -2.52. The van der Waals surface area contributed by atoms with Crippen LogP contribution >= 0.6 is 0 Å². The van der Waals surface area contributed by atoms with Gasteiger partial charge in [-0.25, -0.2) is 0 Å². The summed E-state index contributed by atoms with van der Waals surface area (Å²) in [6, 6.07) is 0. The van der Waals surface area contributed by atoms with Gasteiger partial charge >= 0.3 is 6.18 Å². The molecule has 1 aliphatic rings. The molecule has 1 rings (SSSR count). The number of alkyl halides is 3. The van der Waals surface area contributed by atoms with Crippen LogP contribution in [-0.2, 0) is 4.79 Å². The van der Waals surface area contributed by atoms with Crippen LogP contribution in [0.3, 0.4) is 0 Å². The van der Waals surface area contributed by atoms with Gasteiger partial charge in [-0.3, -0.25) is 4.79 Å². The highest BCUT2D eigenvalue weighted by Crippen LogP contribution is 2.34. The third kappa shape index (κ3) is 3.30. The number of hydrogen-bond acceptors (Lipinski definition) is 3. The third-order valence-electron chi connectivity index (χ3n) is 3.45. The summed E-state index contributed by atoms with van der Waals surface area (Å²) in [5.74, 6) is -2.38. The first kappa shape index (κ1) is 15.6. The summed E-state index contributed by atoms with van der Waals surface area (Å²) in [6.07, 6.45) is -3.99. The number of rotatable bonds is 2. The summed E-state index contributed by atoms with van der Waals surface area (Å²) in [4.78, 5) is 13.3. The fourth-order valence-corrected chi connectivity index (χ4v) is 2.06. The van der Waals surface area contributed by atoms with Crippen LogP contribution in [0.5, 0.6) is 0 Å². The second-order valence-electron chi connectivity index (χ2n) is 5.24. The van der Waals surface area contributed by atoms with E-state index in [1.54, 1.807) is 0 Å². The van der Waals surface area contributed by atoms with E-state index >= 15 is 0 Å². The van der Waals surface area contributed by atoms with E-state index in [2.05, 4.69) is 5.16 Å². The largest absolute Gasteiger partial charge is 0.409 e. The van der Waals surface area contributed by atoms with Crippen LogP contribution in [0.15, 0.2) is 5.16 Å². The minimum Gasteiger partial charge on any atom is -0.409 e. The first-order valence-electron chi connectivity index (χ1n) is 5.94. The number of likely N-dealkylation sites (tertiary alicyclic amines) is 1. The fourth-order valence-electron chi connectivity index (χ4n) is 2.06. The highest BCUT2D eigenvalue weighted by atomic mass is 19.4. The number of amides is 1. The number of piperidine rings is 1. The second kappa shape index (κ2) is 5.26. The molecular formula is C11H18F3N3O2. The van der Waals surface area contributed by atoms with Gasteiger partial charge in [0.25, 0.3) is 0 Å². The average Bonchev–Trinajstić information content (AvgIpc) is 2.35. The van der Waals surface area contributed by atoms with Crippen molar-refractivity contribution in [3.8, 4) is 0 Å². The van der Waals surface area contributed by atoms with Crippen LogP contribution in [0.1, 0.15) is 26.7 Å². The Labute approximate surface area is 109 Å². The summed E-state index contributed by atoms with van der Waals surface area (Å²) in [5, 5.41) is 11.4. The van der Waals surface area contributed by atoms with Gasteiger partial charge in [-0.15, -0.1) is 0 Å². The van der Waals surface area contributed by atoms with Gasteiger partial charge in [0, 0.05) is 13.1 Å². The van der Waals surface area contributed by atoms with E-state index < -0.39 is 23.4 Å². The van der Waals surface area contributed by atoms with Crippen molar-refractivity contribution in [1.29, 1.82) is 0 Å². The van der Waals surface area contributed by atoms with Crippen molar-refractivity contribution >= 4 is 11.7 Å². The Morgan fingerprint density at radius 3 is 2.47 bits per heavy atom. The normalized spacial score (nSPS) is 22.5. The van der Waals surface area contributed by atoms with Gasteiger partial charge in [0.2, 0.25) is 5.91 Å². The summed E-state index contributed by atoms with van der Waals surface area (Å²) in [7, 11) is 0. The monoisotopic (exact) mass is 281 g/mol. The Bertz CT molecular complexity index is 380. The van der Waals surface area contributed by atoms with Crippen LogP contribution in [0, 0.1) is 11.3 Å². The maximum atomic E-state index is 12.7. The lowest BCUT2D eigenvalue weighted by atomic mass is 9.88. The molecule has 0 aliphatic carbocycles. The van der Waals surface area contributed by atoms with E-state index in [9.17, 15) is 18.0 Å². The van der Waals surface area contributed by atoms with E-state index in [-0.39, 0.29) is 25.3 Å². The van der Waals surface area contributed by atoms with Crippen molar-refractivity contribution in [1.82, 2.24) is 4.90 Å². The number of amidine groups is 1. The van der Waals surface area contributed by atoms with Crippen molar-refractivity contribution in [2.24, 2.45) is 22.2 Å². The molecule has 1 saturated heterocycles. The molecule has 1 atom stereocenters. The van der Waals surface area contributed by atoms with Crippen LogP contribution in [0.25, 0.3) is 0 Å². The molecule has 1 heterocycles. The van der Waals surface area contributed by atoms with Crippen molar-refractivity contribution < 1.29 is 23.2 Å². The van der Waals surface area contributed by atoms with Crippen molar-refractivity contribution in [3.05, 3.63) is 0 Å². The zero-order chi connectivity index (χ0) is 14.8. The number of hydrogen-bond donors (Lipinski definition) is 2. The molecule has 5 nitrogen and oxygen atoms in total. The maximum absolute atomic E-state index is 12.7. The highest BCUT2D eigenvalue weighted by molar-refractivity contribution is 6.05. The first-order valence-corrected chi connectivity index (χ1v) is 5.94. The van der Waals surface area contributed by atoms with E-state index in [0.717, 1.165) is 4.90 Å². The molecule has 1 unspecified atom stereocenters. The predicted molar refractivity (Wildman–Crippen MR) is 62.5 cm³/mol. The number of oxime groups is 1. The molecular weight excluding hydrogens is 263 g/mol. The third-order valence-corrected chi connectivity index (χ3v) is 3.45. The van der Waals surface area contributed by atoms with Gasteiger partial charge in [-0.1, -0.05) is 5.16 Å². The molecule has 1 fully saturated rings. The van der Waals surface area contributed by atoms with E-state index in [1.165, 1.54) is 13.8 Å². The topological polar surface area (TPSA) is 78.9 Å². The summed E-state index contributed by atoms with van der Waals surface area (Å²) in [5.41, 5.74) is 4.09. The molecule has 0 spiro atoms. The van der Waals surface area contributed by atoms with Gasteiger partial charge < -0.3 is 15.8 Å². The maximum Gasteiger partial charge on any atom is 0.393 e. The van der Waals surface area contributed by atoms with E-state index in [4.69, 9.17) is 10.9 Å². The molecule has 1 amide bonds. The molecule has 3 N–H and O–H groups in total. The summed E-state index contributed by atoms with van der Waals surface area (Å²) in [6.45, 7) is 2.72. The van der Waals surface area contributed by atoms with E-state index in [1.807, 2.05) is 0 Å². The minimum atomic E-state index is -4.31. The highest BCUT2D eigenvalue weighted by Gasteiger charge is 2.45. The molecule has 0 aromatic rings. The molecule has 110 valence electrons. The standard InChI is InChI=1S/C11H18F3N3O2/c1-10(2,8(15)16-19)9(18)17-5-3-4-7(6-17)11(12,13)14/h7,19H,3-6H2,1-2H3,(H2,15,16). The lowest BCUT2D eigenvalue weighted by molar-refractivity contribution is -0.189. The molecule has 0 bridgehead atoms. The summed E-state index contributed by atoms with van der Waals surface area (Å²) < 4.78 is 38.0. The lowest BCUT2D eigenvalue weighted by Gasteiger charge is -2.37. The quantitative estimate of drug-likeness (QED) is 0.349. The number of halogens is 3. The number of nitrogens with two attached hydrogens (primary N) is 1. The smallest absolute Gasteiger partial charge is 0.393 e. The molecule has 8 heteroatoms. The Hall–Kier alpha value is -1.47. The van der Waals surface area contributed by atoms with Gasteiger partial charge in [0.05, 0.1) is 5.92 Å². The van der Waals surface area contributed by atoms with Crippen LogP contribution in [0.4, 0.5) is 13.2 Å². The minimum absolute atomic E-state index is 0.0251. The SMILES string of the molecule is CC(C)(C(=O)N1CCCC(C(F)(F)F)C1)C(N)=NO. The van der Waals surface area contributed by atoms with Crippen LogP contribution < -0.4 is 5.73 Å². The van der Waals surface area contributed by atoms with Gasteiger partial charge in [0.15, 0.2) is 5.84 Å². The van der Waals surface area contributed by atoms with Crippen molar-refractivity contribution in [2.45, 2.75) is 32.9 Å². The zero-order valence-electron chi connectivity index (χ0n) is 10.9. The molecule has 0 aromatic heterocycles. The molecule has 0 saturated carbocycles. The molecule has 1 aliphatic heterocycles. The Morgan fingerprint density at radius 1 is 1.42 bits per heavy atom. The average molecular weight is 281 g/mol. The second-order valence-corrected chi connectivity index (χ2v) is 5.24. The van der Waals surface area contributed by atoms with E-state index in [0.29, 0.717) is 6.42 Å². The Balaban J connectivity index is 2.83. The van der Waals surface area contributed by atoms with Gasteiger partial charge in [-0.05, 0) is 26.7 Å². The summed E-state index contributed by atoms with van der Waals surface area (Å²) >= 11 is 0. The van der Waals surface area contributed by atoms with Crippen molar-refractivity contribution in [3.63, 3.8) is 0 Å². The first-order chi connectivity index (χ1) is 8.60. The number of carbonyl (C=O) groups excluding carboxylic acids is 1. The Kier molecular flexibility index (Phi) is 4.32. The van der Waals surface area contributed by atoms with Crippen LogP contribution in [-0.4, -0.2) is 41.1 Å². The molecule has 0 aromatic carbocycles.